The van der Waals surface area contributed by atoms with Gasteiger partial charge in [-0.1, -0.05) is 60.7 Å². The predicted molar refractivity (Wildman–Crippen MR) is 143 cm³/mol. The van der Waals surface area contributed by atoms with Gasteiger partial charge in [0.15, 0.2) is 11.5 Å². The van der Waals surface area contributed by atoms with E-state index in [9.17, 15) is 33.3 Å². The minimum absolute atomic E-state index is 0.0254. The van der Waals surface area contributed by atoms with E-state index in [1.54, 1.807) is 4.57 Å². The van der Waals surface area contributed by atoms with Gasteiger partial charge in [-0.05, 0) is 17.5 Å². The average Bonchev–Trinajstić information content (AvgIpc) is 3.50. The molecule has 0 unspecified atom stereocenters. The first-order valence-electron chi connectivity index (χ1n) is 12.6. The molecule has 4 atom stereocenters. The zero-order valence-electron chi connectivity index (χ0n) is 21.8. The Balaban J connectivity index is 0.000000517. The van der Waals surface area contributed by atoms with E-state index >= 15 is 0 Å². The van der Waals surface area contributed by atoms with Crippen molar-refractivity contribution in [3.05, 3.63) is 83.9 Å². The van der Waals surface area contributed by atoms with Crippen molar-refractivity contribution in [1.82, 2.24) is 19.5 Å². The number of rotatable bonds is 7. The molecule has 0 radical (unpaired) electrons. The number of halogens is 3. The summed E-state index contributed by atoms with van der Waals surface area (Å²) < 4.78 is 33.3. The number of carboxylic acid groups (broad SMARTS) is 2. The molecule has 5 rings (SSSR count). The van der Waals surface area contributed by atoms with E-state index in [1.807, 2.05) is 60.7 Å². The number of anilines is 1. The molecule has 2 aromatic carbocycles. The molecule has 0 saturated heterocycles. The van der Waals surface area contributed by atoms with E-state index in [4.69, 9.17) is 15.6 Å². The number of aliphatic hydroxyl groups excluding tert-OH is 2. The van der Waals surface area contributed by atoms with Crippen molar-refractivity contribution >= 4 is 28.9 Å². The molecule has 42 heavy (non-hydrogen) atoms. The maximum absolute atomic E-state index is 11.8. The number of carboxylic acids is 2. The zero-order valence-corrected chi connectivity index (χ0v) is 21.8. The monoisotopic (exact) mass is 588 g/mol. The Morgan fingerprint density at radius 2 is 1.52 bits per heavy atom. The van der Waals surface area contributed by atoms with Gasteiger partial charge in [-0.2, -0.15) is 13.2 Å². The maximum atomic E-state index is 11.8. The van der Waals surface area contributed by atoms with E-state index in [0.717, 1.165) is 11.1 Å². The standard InChI is InChI=1S/C25H26N6O4.C2HF3O2/c26-17-11-18(21(33)20(17)32)31-13-28-19-22(29-23(25(34)35)30-24(19)31)27-12-16(14-7-3-1-4-8-14)15-9-5-2-6-10-15;3-2(4,5)1(6)7/h1-10,13,16-18,20-21,32-33H,11-12,26H2,(H,34,35)(H,27,29,30);(H,6,7)/t17-,18+,20+,21-;/m0./s1. The van der Waals surface area contributed by atoms with E-state index in [1.165, 1.54) is 6.33 Å². The smallest absolute Gasteiger partial charge is 0.475 e. The van der Waals surface area contributed by atoms with Gasteiger partial charge in [0.1, 0.15) is 11.6 Å². The minimum Gasteiger partial charge on any atom is -0.475 e. The molecular formula is C27H27F3N6O6. The molecule has 1 saturated carbocycles. The summed E-state index contributed by atoms with van der Waals surface area (Å²) in [5, 5.41) is 40.7. The fourth-order valence-corrected chi connectivity index (χ4v) is 4.69. The molecule has 0 spiro atoms. The van der Waals surface area contributed by atoms with Gasteiger partial charge in [0, 0.05) is 18.5 Å². The highest BCUT2D eigenvalue weighted by Gasteiger charge is 2.41. The summed E-state index contributed by atoms with van der Waals surface area (Å²) in [6.07, 6.45) is -5.52. The third kappa shape index (κ3) is 6.64. The highest BCUT2D eigenvalue weighted by Crippen LogP contribution is 2.33. The van der Waals surface area contributed by atoms with Crippen molar-refractivity contribution in [3.63, 3.8) is 0 Å². The second-order valence-electron chi connectivity index (χ2n) is 9.53. The van der Waals surface area contributed by atoms with Gasteiger partial charge in [0.05, 0.1) is 18.5 Å². The van der Waals surface area contributed by atoms with Crippen LogP contribution in [0.3, 0.4) is 0 Å². The third-order valence-electron chi connectivity index (χ3n) is 6.79. The van der Waals surface area contributed by atoms with Gasteiger partial charge in [-0.15, -0.1) is 0 Å². The average molecular weight is 589 g/mol. The number of imidazole rings is 1. The second kappa shape index (κ2) is 12.5. The zero-order chi connectivity index (χ0) is 30.6. The number of nitrogens with zero attached hydrogens (tertiary/aromatic N) is 4. The molecule has 222 valence electrons. The van der Waals surface area contributed by atoms with Crippen LogP contribution in [0.25, 0.3) is 11.2 Å². The van der Waals surface area contributed by atoms with E-state index in [2.05, 4.69) is 20.3 Å². The van der Waals surface area contributed by atoms with Crippen LogP contribution in [0.15, 0.2) is 67.0 Å². The maximum Gasteiger partial charge on any atom is 0.490 e. The van der Waals surface area contributed by atoms with Crippen LogP contribution in [-0.2, 0) is 4.79 Å². The first-order valence-corrected chi connectivity index (χ1v) is 12.6. The number of benzene rings is 2. The number of aliphatic hydroxyl groups is 2. The van der Waals surface area contributed by atoms with E-state index < -0.39 is 48.2 Å². The van der Waals surface area contributed by atoms with Crippen LogP contribution >= 0.6 is 0 Å². The fourth-order valence-electron chi connectivity index (χ4n) is 4.69. The van der Waals surface area contributed by atoms with Crippen LogP contribution in [0.2, 0.25) is 0 Å². The molecule has 1 fully saturated rings. The number of alkyl halides is 3. The van der Waals surface area contributed by atoms with Gasteiger partial charge in [0.2, 0.25) is 5.82 Å². The molecule has 15 heteroatoms. The summed E-state index contributed by atoms with van der Waals surface area (Å²) in [5.74, 6) is -4.18. The molecule has 2 aromatic heterocycles. The van der Waals surface area contributed by atoms with Crippen LogP contribution < -0.4 is 11.1 Å². The molecule has 7 N–H and O–H groups in total. The number of aliphatic carboxylic acids is 1. The molecule has 1 aliphatic carbocycles. The Bertz CT molecular complexity index is 1500. The first-order chi connectivity index (χ1) is 19.9. The van der Waals surface area contributed by atoms with Gasteiger partial charge in [-0.25, -0.2) is 24.5 Å². The van der Waals surface area contributed by atoms with Crippen LogP contribution in [0.1, 0.15) is 40.1 Å². The lowest BCUT2D eigenvalue weighted by molar-refractivity contribution is -0.192. The number of nitrogens with one attached hydrogen (secondary N) is 1. The normalized spacial score (nSPS) is 20.3. The lowest BCUT2D eigenvalue weighted by Crippen LogP contribution is -2.35. The van der Waals surface area contributed by atoms with E-state index in [0.29, 0.717) is 18.5 Å². The van der Waals surface area contributed by atoms with Gasteiger partial charge in [0.25, 0.3) is 0 Å². The Hall–Kier alpha value is -4.60. The minimum atomic E-state index is -5.08. The van der Waals surface area contributed by atoms with Crippen LogP contribution in [0, 0.1) is 0 Å². The lowest BCUT2D eigenvalue weighted by atomic mass is 9.91. The van der Waals surface area contributed by atoms with Crippen LogP contribution in [-0.4, -0.2) is 82.9 Å². The summed E-state index contributed by atoms with van der Waals surface area (Å²) in [5.41, 5.74) is 8.74. The molecule has 0 bridgehead atoms. The molecule has 0 amide bonds. The summed E-state index contributed by atoms with van der Waals surface area (Å²) in [7, 11) is 0. The van der Waals surface area contributed by atoms with Crippen molar-refractivity contribution in [1.29, 1.82) is 0 Å². The first kappa shape index (κ1) is 30.4. The Kier molecular flexibility index (Phi) is 9.04. The molecule has 4 aromatic rings. The SMILES string of the molecule is N[C@H]1C[C@@H](n2cnc3c(NCC(c4ccccc4)c4ccccc4)nc(C(=O)O)nc32)[C@H](O)[C@@H]1O.O=C(O)C(F)(F)F. The van der Waals surface area contributed by atoms with Gasteiger partial charge >= 0.3 is 18.1 Å². The van der Waals surface area contributed by atoms with Crippen molar-refractivity contribution in [3.8, 4) is 0 Å². The molecule has 12 nitrogen and oxygen atoms in total. The van der Waals surface area contributed by atoms with E-state index in [-0.39, 0.29) is 17.4 Å². The summed E-state index contributed by atoms with van der Waals surface area (Å²) in [6, 6.07) is 18.8. The van der Waals surface area contributed by atoms with Gasteiger partial charge < -0.3 is 36.0 Å². The highest BCUT2D eigenvalue weighted by molar-refractivity contribution is 5.90. The quantitative estimate of drug-likeness (QED) is 0.185. The Labute approximate surface area is 236 Å². The number of aromatic nitrogens is 4. The Morgan fingerprint density at radius 1 is 0.976 bits per heavy atom. The molecule has 2 heterocycles. The topological polar surface area (TPSA) is 197 Å². The lowest BCUT2D eigenvalue weighted by Gasteiger charge is -2.20. The molecule has 0 aliphatic heterocycles. The summed E-state index contributed by atoms with van der Waals surface area (Å²) >= 11 is 0. The predicted octanol–water partition coefficient (Wildman–Crippen LogP) is 2.40. The van der Waals surface area contributed by atoms with Crippen molar-refractivity contribution in [2.24, 2.45) is 5.73 Å². The third-order valence-corrected chi connectivity index (χ3v) is 6.79. The number of hydrogen-bond donors (Lipinski definition) is 6. The van der Waals surface area contributed by atoms with Crippen LogP contribution in [0.5, 0.6) is 0 Å². The Morgan fingerprint density at radius 3 is 1.98 bits per heavy atom. The number of nitrogens with two attached hydrogens (primary N) is 1. The highest BCUT2D eigenvalue weighted by atomic mass is 19.4. The number of aromatic carboxylic acids is 1. The second-order valence-corrected chi connectivity index (χ2v) is 9.53. The summed E-state index contributed by atoms with van der Waals surface area (Å²) in [6.45, 7) is 0.432. The van der Waals surface area contributed by atoms with Crippen molar-refractivity contribution in [2.75, 3.05) is 11.9 Å². The number of carbonyl (C=O) groups is 2. The molecule has 1 aliphatic rings. The fraction of sp³-hybridized carbons (Fsp3) is 0.296. The molecular weight excluding hydrogens is 561 g/mol. The largest absolute Gasteiger partial charge is 0.490 e. The number of hydrogen-bond acceptors (Lipinski definition) is 9. The van der Waals surface area contributed by atoms with Crippen molar-refractivity contribution in [2.45, 2.75) is 42.8 Å². The number of fused-ring (bicyclic) bond motifs is 1. The van der Waals surface area contributed by atoms with Crippen LogP contribution in [0.4, 0.5) is 19.0 Å². The summed E-state index contributed by atoms with van der Waals surface area (Å²) in [4.78, 5) is 33.5. The van der Waals surface area contributed by atoms with Crippen molar-refractivity contribution < 1.29 is 43.2 Å². The van der Waals surface area contributed by atoms with Gasteiger partial charge in [-0.3, -0.25) is 0 Å².